The second-order valence-corrected chi connectivity index (χ2v) is 6.02. The van der Waals surface area contributed by atoms with Crippen LogP contribution in [0.1, 0.15) is 4.88 Å². The van der Waals surface area contributed by atoms with Gasteiger partial charge in [0.15, 0.2) is 0 Å². The zero-order valence-corrected chi connectivity index (χ0v) is 12.7. The summed E-state index contributed by atoms with van der Waals surface area (Å²) < 4.78 is 0. The molecule has 0 spiro atoms. The molecule has 0 atom stereocenters. The molecule has 18 heavy (non-hydrogen) atoms. The van der Waals surface area contributed by atoms with Crippen LogP contribution in [0.4, 0.5) is 5.82 Å². The van der Waals surface area contributed by atoms with Crippen LogP contribution < -0.4 is 4.90 Å². The lowest BCUT2D eigenvalue weighted by atomic mass is 10.3. The molecule has 0 unspecified atom stereocenters. The van der Waals surface area contributed by atoms with Crippen molar-refractivity contribution in [2.75, 3.05) is 18.5 Å². The average molecular weight is 322 g/mol. The maximum absolute atomic E-state index is 6.11. The fourth-order valence-corrected chi connectivity index (χ4v) is 2.88. The minimum atomic E-state index is 0.277. The summed E-state index contributed by atoms with van der Waals surface area (Å²) in [6, 6.07) is 5.78. The number of hydrogen-bond donors (Lipinski definition) is 0. The normalized spacial score (nSPS) is 10.7. The van der Waals surface area contributed by atoms with E-state index >= 15 is 0 Å². The fourth-order valence-electron chi connectivity index (χ4n) is 1.54. The molecule has 0 bridgehead atoms. The second kappa shape index (κ2) is 6.11. The minimum absolute atomic E-state index is 0.277. The topological polar surface area (TPSA) is 16.1 Å². The first-order valence-corrected chi connectivity index (χ1v) is 7.34. The molecule has 96 valence electrons. The molecule has 2 aromatic rings. The Morgan fingerprint density at radius 3 is 2.72 bits per heavy atom. The van der Waals surface area contributed by atoms with Gasteiger partial charge in [0, 0.05) is 18.5 Å². The molecule has 0 saturated heterocycles. The third-order valence-corrected chi connectivity index (χ3v) is 4.39. The summed E-state index contributed by atoms with van der Waals surface area (Å²) in [5, 5.41) is 3.23. The SMILES string of the molecule is CN(CCc1cccs1)c1nc(Cl)c(Cl)cc1Cl. The minimum Gasteiger partial charge on any atom is -0.358 e. The van der Waals surface area contributed by atoms with Crippen molar-refractivity contribution in [1.29, 1.82) is 0 Å². The lowest BCUT2D eigenvalue weighted by Crippen LogP contribution is -2.21. The molecule has 2 rings (SSSR count). The van der Waals surface area contributed by atoms with Crippen LogP contribution in [-0.4, -0.2) is 18.6 Å². The van der Waals surface area contributed by atoms with Crippen LogP contribution in [0.5, 0.6) is 0 Å². The summed E-state index contributed by atoms with van der Waals surface area (Å²) in [5.41, 5.74) is 0. The smallest absolute Gasteiger partial charge is 0.150 e. The first kappa shape index (κ1) is 13.9. The van der Waals surface area contributed by atoms with Gasteiger partial charge in [-0.3, -0.25) is 0 Å². The molecule has 0 fully saturated rings. The molecule has 0 N–H and O–H groups in total. The van der Waals surface area contributed by atoms with E-state index in [2.05, 4.69) is 16.4 Å². The van der Waals surface area contributed by atoms with Gasteiger partial charge < -0.3 is 4.90 Å². The van der Waals surface area contributed by atoms with Gasteiger partial charge in [-0.1, -0.05) is 40.9 Å². The van der Waals surface area contributed by atoms with Crippen molar-refractivity contribution in [2.24, 2.45) is 0 Å². The maximum Gasteiger partial charge on any atom is 0.150 e. The van der Waals surface area contributed by atoms with E-state index in [-0.39, 0.29) is 5.15 Å². The Morgan fingerprint density at radius 1 is 1.28 bits per heavy atom. The average Bonchev–Trinajstić information content (AvgIpc) is 2.84. The number of likely N-dealkylation sites (N-methyl/N-ethyl adjacent to an activating group) is 1. The van der Waals surface area contributed by atoms with E-state index in [9.17, 15) is 0 Å². The zero-order valence-electron chi connectivity index (χ0n) is 9.66. The highest BCUT2D eigenvalue weighted by atomic mass is 35.5. The van der Waals surface area contributed by atoms with Crippen LogP contribution in [0, 0.1) is 0 Å². The standard InChI is InChI=1S/C12H11Cl3N2S/c1-17(5-4-8-3-2-6-18-8)12-10(14)7-9(13)11(15)16-12/h2-3,6-7H,4-5H2,1H3. The molecular formula is C12H11Cl3N2S. The second-order valence-electron chi connectivity index (χ2n) is 3.82. The van der Waals surface area contributed by atoms with Gasteiger partial charge in [0.2, 0.25) is 0 Å². The molecule has 2 aromatic heterocycles. The molecule has 0 aromatic carbocycles. The van der Waals surface area contributed by atoms with Crippen LogP contribution in [0.2, 0.25) is 15.2 Å². The molecule has 0 aliphatic heterocycles. The van der Waals surface area contributed by atoms with Gasteiger partial charge in [-0.15, -0.1) is 11.3 Å². The Balaban J connectivity index is 2.09. The fraction of sp³-hybridized carbons (Fsp3) is 0.250. The molecule has 0 saturated carbocycles. The molecule has 0 aliphatic rings. The van der Waals surface area contributed by atoms with Crippen LogP contribution in [0.3, 0.4) is 0 Å². The summed E-state index contributed by atoms with van der Waals surface area (Å²) in [5.74, 6) is 0.655. The van der Waals surface area contributed by atoms with E-state index in [4.69, 9.17) is 34.8 Å². The first-order valence-electron chi connectivity index (χ1n) is 5.33. The third-order valence-electron chi connectivity index (χ3n) is 2.50. The van der Waals surface area contributed by atoms with Gasteiger partial charge in [0.25, 0.3) is 0 Å². The molecule has 0 radical (unpaired) electrons. The molecular weight excluding hydrogens is 311 g/mol. The van der Waals surface area contributed by atoms with Crippen LogP contribution >= 0.6 is 46.1 Å². The summed E-state index contributed by atoms with van der Waals surface area (Å²) >= 11 is 19.6. The molecule has 6 heteroatoms. The van der Waals surface area contributed by atoms with E-state index in [0.717, 1.165) is 13.0 Å². The number of thiophene rings is 1. The summed E-state index contributed by atoms with van der Waals surface area (Å²) in [6.07, 6.45) is 0.951. The number of hydrogen-bond acceptors (Lipinski definition) is 3. The number of rotatable bonds is 4. The van der Waals surface area contributed by atoms with E-state index in [1.165, 1.54) is 4.88 Å². The van der Waals surface area contributed by atoms with Gasteiger partial charge in [-0.05, 0) is 23.9 Å². The Hall–Kier alpha value is -0.480. The lowest BCUT2D eigenvalue weighted by molar-refractivity contribution is 0.869. The van der Waals surface area contributed by atoms with Crippen molar-refractivity contribution >= 4 is 52.0 Å². The van der Waals surface area contributed by atoms with E-state index in [1.54, 1.807) is 17.4 Å². The Bertz CT molecular complexity index is 528. The number of halogens is 3. The maximum atomic E-state index is 6.11. The van der Waals surface area contributed by atoms with Crippen molar-refractivity contribution in [2.45, 2.75) is 6.42 Å². The van der Waals surface area contributed by atoms with E-state index in [1.807, 2.05) is 18.0 Å². The highest BCUT2D eigenvalue weighted by Gasteiger charge is 2.12. The third kappa shape index (κ3) is 3.29. The van der Waals surface area contributed by atoms with E-state index in [0.29, 0.717) is 15.9 Å². The zero-order chi connectivity index (χ0) is 13.1. The summed E-state index contributed by atoms with van der Waals surface area (Å²) in [7, 11) is 1.94. The number of anilines is 1. The largest absolute Gasteiger partial charge is 0.358 e. The van der Waals surface area contributed by atoms with Gasteiger partial charge in [0.05, 0.1) is 10.0 Å². The van der Waals surface area contributed by atoms with Crippen LogP contribution in [0.15, 0.2) is 23.6 Å². The molecule has 0 amide bonds. The Labute approximate surface area is 125 Å². The van der Waals surface area contributed by atoms with Crippen molar-refractivity contribution in [1.82, 2.24) is 4.98 Å². The quantitative estimate of drug-likeness (QED) is 0.753. The monoisotopic (exact) mass is 320 g/mol. The number of pyridine rings is 1. The first-order chi connectivity index (χ1) is 8.58. The van der Waals surface area contributed by atoms with Gasteiger partial charge in [-0.25, -0.2) is 4.98 Å². The predicted molar refractivity (Wildman–Crippen MR) is 80.6 cm³/mol. The van der Waals surface area contributed by atoms with Crippen molar-refractivity contribution < 1.29 is 0 Å². The molecule has 2 nitrogen and oxygen atoms in total. The number of nitrogens with zero attached hydrogens (tertiary/aromatic N) is 2. The highest BCUT2D eigenvalue weighted by molar-refractivity contribution is 7.09. The van der Waals surface area contributed by atoms with Gasteiger partial charge in [-0.2, -0.15) is 0 Å². The number of aromatic nitrogens is 1. The summed E-state index contributed by atoms with van der Waals surface area (Å²) in [4.78, 5) is 7.51. The van der Waals surface area contributed by atoms with Gasteiger partial charge in [0.1, 0.15) is 11.0 Å². The molecule has 2 heterocycles. The lowest BCUT2D eigenvalue weighted by Gasteiger charge is -2.19. The van der Waals surface area contributed by atoms with Crippen molar-refractivity contribution in [3.63, 3.8) is 0 Å². The predicted octanol–water partition coefficient (Wildman–Crippen LogP) is 4.78. The van der Waals surface area contributed by atoms with Crippen molar-refractivity contribution in [3.05, 3.63) is 43.7 Å². The van der Waals surface area contributed by atoms with Gasteiger partial charge >= 0.3 is 0 Å². The molecule has 0 aliphatic carbocycles. The Morgan fingerprint density at radius 2 is 2.06 bits per heavy atom. The van der Waals surface area contributed by atoms with Crippen molar-refractivity contribution in [3.8, 4) is 0 Å². The Kier molecular flexibility index (Phi) is 4.73. The van der Waals surface area contributed by atoms with Crippen LogP contribution in [-0.2, 0) is 6.42 Å². The van der Waals surface area contributed by atoms with Crippen LogP contribution in [0.25, 0.3) is 0 Å². The van der Waals surface area contributed by atoms with E-state index < -0.39 is 0 Å². The highest BCUT2D eigenvalue weighted by Crippen LogP contribution is 2.30. The summed E-state index contributed by atoms with van der Waals surface area (Å²) in [6.45, 7) is 0.825.